The minimum atomic E-state index is -4.53. The molecule has 0 saturated heterocycles. The van der Waals surface area contributed by atoms with Gasteiger partial charge in [0.25, 0.3) is 5.91 Å². The predicted molar refractivity (Wildman–Crippen MR) is 122 cm³/mol. The van der Waals surface area contributed by atoms with E-state index in [0.717, 1.165) is 62.1 Å². The zero-order valence-electron chi connectivity index (χ0n) is 18.7. The predicted octanol–water partition coefficient (Wildman–Crippen LogP) is 5.55. The number of amidine groups is 1. The van der Waals surface area contributed by atoms with Gasteiger partial charge in [-0.2, -0.15) is 36.4 Å². The Kier molecular flexibility index (Phi) is 7.14. The molecule has 1 heterocycles. The molecule has 2 N–H and O–H groups in total. The Hall–Kier alpha value is -3.70. The van der Waals surface area contributed by atoms with E-state index in [2.05, 4.69) is 25.8 Å². The molecule has 4 rings (SSSR count). The van der Waals surface area contributed by atoms with E-state index in [1.54, 1.807) is 0 Å². The molecule has 0 radical (unpaired) electrons. The van der Waals surface area contributed by atoms with Crippen molar-refractivity contribution >= 4 is 23.4 Å². The summed E-state index contributed by atoms with van der Waals surface area (Å²) in [5.41, 5.74) is 1.55. The maximum atomic E-state index is 13.0. The summed E-state index contributed by atoms with van der Waals surface area (Å²) in [4.78, 5) is 21.5. The van der Waals surface area contributed by atoms with Gasteiger partial charge in [0.2, 0.25) is 5.96 Å². The van der Waals surface area contributed by atoms with Crippen LogP contribution in [-0.4, -0.2) is 29.5 Å². The zero-order chi connectivity index (χ0) is 25.9. The molecule has 2 aromatic carbocycles. The number of hydrazone groups is 1. The van der Waals surface area contributed by atoms with Crippen molar-refractivity contribution in [2.45, 2.75) is 50.5 Å². The molecule has 1 saturated carbocycles. The van der Waals surface area contributed by atoms with E-state index >= 15 is 0 Å². The third-order valence-corrected chi connectivity index (χ3v) is 5.75. The molecule has 1 aliphatic heterocycles. The standard InChI is InChI=1S/C24H21F6N5O/c25-23(26,27)16-10-8-14(9-11-16)21(36)33-22(31-18-6-1-2-7-18)32-20-13-19(34-35-20)15-4-3-5-17(12-15)24(28,29)30/h3-5,8-12,18H,1-2,6-7,13H2,(H2,31,32,33,35,36). The lowest BCUT2D eigenvalue weighted by molar-refractivity contribution is -0.138. The first-order valence-electron chi connectivity index (χ1n) is 11.1. The molecule has 0 bridgehead atoms. The number of halogens is 6. The Balaban J connectivity index is 1.51. The highest BCUT2D eigenvalue weighted by molar-refractivity contribution is 6.18. The second-order valence-electron chi connectivity index (χ2n) is 8.40. The van der Waals surface area contributed by atoms with Crippen molar-refractivity contribution < 1.29 is 31.1 Å². The highest BCUT2D eigenvalue weighted by Crippen LogP contribution is 2.30. The van der Waals surface area contributed by atoms with E-state index in [9.17, 15) is 31.1 Å². The third kappa shape index (κ3) is 6.29. The first-order valence-corrected chi connectivity index (χ1v) is 11.1. The van der Waals surface area contributed by atoms with Crippen LogP contribution in [0.2, 0.25) is 0 Å². The molecule has 36 heavy (non-hydrogen) atoms. The number of aliphatic imine (C=N–C) groups is 2. The number of benzene rings is 2. The van der Waals surface area contributed by atoms with Crippen LogP contribution in [0.3, 0.4) is 0 Å². The fourth-order valence-electron chi connectivity index (χ4n) is 3.88. The quantitative estimate of drug-likeness (QED) is 0.323. The summed E-state index contributed by atoms with van der Waals surface area (Å²) >= 11 is 0. The van der Waals surface area contributed by atoms with Crippen LogP contribution in [-0.2, 0) is 12.4 Å². The number of rotatable bonds is 3. The number of nitrogens with zero attached hydrogens (tertiary/aromatic N) is 3. The average molecular weight is 509 g/mol. The van der Waals surface area contributed by atoms with E-state index in [1.807, 2.05) is 0 Å². The lowest BCUT2D eigenvalue weighted by atomic mass is 10.0. The lowest BCUT2D eigenvalue weighted by Crippen LogP contribution is -2.32. The Labute approximate surface area is 202 Å². The molecule has 0 unspecified atom stereocenters. The molecule has 190 valence electrons. The SMILES string of the molecule is O=C(NC(N=C1CC(c2cccc(C(F)(F)F)c2)=NN1)=NC1CCCC1)c1ccc(C(F)(F)F)cc1. The Bertz CT molecular complexity index is 1210. The minimum Gasteiger partial charge on any atom is -0.291 e. The van der Waals surface area contributed by atoms with Crippen LogP contribution in [0.15, 0.2) is 63.6 Å². The van der Waals surface area contributed by atoms with Gasteiger partial charge in [-0.1, -0.05) is 25.0 Å². The van der Waals surface area contributed by atoms with Crippen LogP contribution in [0.4, 0.5) is 26.3 Å². The van der Waals surface area contributed by atoms with E-state index in [4.69, 9.17) is 0 Å². The largest absolute Gasteiger partial charge is 0.416 e. The van der Waals surface area contributed by atoms with E-state index in [-0.39, 0.29) is 35.4 Å². The van der Waals surface area contributed by atoms with Gasteiger partial charge in [0.1, 0.15) is 5.84 Å². The number of alkyl halides is 6. The monoisotopic (exact) mass is 509 g/mol. The van der Waals surface area contributed by atoms with Crippen molar-refractivity contribution in [3.05, 3.63) is 70.8 Å². The maximum absolute atomic E-state index is 13.0. The van der Waals surface area contributed by atoms with E-state index < -0.39 is 29.4 Å². The fourth-order valence-corrected chi connectivity index (χ4v) is 3.88. The van der Waals surface area contributed by atoms with Gasteiger partial charge in [0.05, 0.1) is 29.3 Å². The Morgan fingerprint density at radius 1 is 0.944 bits per heavy atom. The average Bonchev–Trinajstić information content (AvgIpc) is 3.50. The Morgan fingerprint density at radius 3 is 2.25 bits per heavy atom. The normalized spacial score (nSPS) is 18.3. The van der Waals surface area contributed by atoms with Crippen LogP contribution in [0, 0.1) is 0 Å². The van der Waals surface area contributed by atoms with Crippen LogP contribution in [0.1, 0.15) is 59.2 Å². The number of amides is 1. The lowest BCUT2D eigenvalue weighted by Gasteiger charge is -2.10. The van der Waals surface area contributed by atoms with Crippen molar-refractivity contribution in [2.24, 2.45) is 15.1 Å². The number of hydrogen-bond donors (Lipinski definition) is 2. The molecule has 1 amide bonds. The molecule has 1 fully saturated rings. The summed E-state index contributed by atoms with van der Waals surface area (Å²) in [7, 11) is 0. The molecule has 0 aromatic heterocycles. The molecule has 12 heteroatoms. The molecular formula is C24H21F6N5O. The summed E-state index contributed by atoms with van der Waals surface area (Å²) in [6, 6.07) is 8.38. The summed E-state index contributed by atoms with van der Waals surface area (Å²) in [6.07, 6.45) is -5.43. The summed E-state index contributed by atoms with van der Waals surface area (Å²) in [5, 5.41) is 6.59. The molecule has 6 nitrogen and oxygen atoms in total. The van der Waals surface area contributed by atoms with Gasteiger partial charge in [-0.25, -0.2) is 4.99 Å². The van der Waals surface area contributed by atoms with E-state index in [0.29, 0.717) is 5.71 Å². The first-order chi connectivity index (χ1) is 17.0. The summed E-state index contributed by atoms with van der Waals surface area (Å²) in [6.45, 7) is 0. The van der Waals surface area contributed by atoms with Crippen LogP contribution in [0.25, 0.3) is 0 Å². The minimum absolute atomic E-state index is 0.0115. The summed E-state index contributed by atoms with van der Waals surface area (Å²) in [5.74, 6) is -0.483. The maximum Gasteiger partial charge on any atom is 0.416 e. The number of guanidine groups is 1. The van der Waals surface area contributed by atoms with Crippen LogP contribution < -0.4 is 10.7 Å². The van der Waals surface area contributed by atoms with Crippen LogP contribution in [0.5, 0.6) is 0 Å². The topological polar surface area (TPSA) is 78.2 Å². The van der Waals surface area contributed by atoms with Gasteiger partial charge in [-0.3, -0.25) is 15.5 Å². The molecule has 0 spiro atoms. The first kappa shape index (κ1) is 25.4. The number of hydrogen-bond acceptors (Lipinski definition) is 3. The number of carbonyl (C=O) groups is 1. The Morgan fingerprint density at radius 2 is 1.61 bits per heavy atom. The second-order valence-corrected chi connectivity index (χ2v) is 8.40. The van der Waals surface area contributed by atoms with Crippen molar-refractivity contribution in [1.29, 1.82) is 0 Å². The summed E-state index contributed by atoms with van der Waals surface area (Å²) < 4.78 is 77.6. The zero-order valence-corrected chi connectivity index (χ0v) is 18.7. The number of carbonyl (C=O) groups excluding carboxylic acids is 1. The van der Waals surface area contributed by atoms with Gasteiger partial charge >= 0.3 is 12.4 Å². The van der Waals surface area contributed by atoms with Crippen molar-refractivity contribution in [2.75, 3.05) is 0 Å². The smallest absolute Gasteiger partial charge is 0.291 e. The van der Waals surface area contributed by atoms with Gasteiger partial charge in [0, 0.05) is 5.56 Å². The highest BCUT2D eigenvalue weighted by atomic mass is 19.4. The van der Waals surface area contributed by atoms with Crippen LogP contribution >= 0.6 is 0 Å². The van der Waals surface area contributed by atoms with Gasteiger partial charge in [-0.15, -0.1) is 0 Å². The molecule has 2 aromatic rings. The highest BCUT2D eigenvalue weighted by Gasteiger charge is 2.32. The molecule has 1 aliphatic carbocycles. The fraction of sp³-hybridized carbons (Fsp3) is 0.333. The van der Waals surface area contributed by atoms with Gasteiger partial charge < -0.3 is 0 Å². The van der Waals surface area contributed by atoms with Crippen molar-refractivity contribution in [3.63, 3.8) is 0 Å². The molecule has 2 aliphatic rings. The van der Waals surface area contributed by atoms with E-state index in [1.165, 1.54) is 12.1 Å². The van der Waals surface area contributed by atoms with Gasteiger partial charge in [-0.05, 0) is 54.8 Å². The third-order valence-electron chi connectivity index (χ3n) is 5.75. The second kappa shape index (κ2) is 10.1. The van der Waals surface area contributed by atoms with Crippen molar-refractivity contribution in [3.8, 4) is 0 Å². The van der Waals surface area contributed by atoms with Gasteiger partial charge in [0.15, 0.2) is 0 Å². The van der Waals surface area contributed by atoms with Crippen molar-refractivity contribution in [1.82, 2.24) is 10.7 Å². The molecular weight excluding hydrogens is 488 g/mol. The molecule has 0 atom stereocenters. The number of nitrogens with one attached hydrogen (secondary N) is 2.